The van der Waals surface area contributed by atoms with Crippen LogP contribution in [0.5, 0.6) is 0 Å². The van der Waals surface area contributed by atoms with Crippen LogP contribution in [0.1, 0.15) is 26.2 Å². The van der Waals surface area contributed by atoms with Crippen molar-refractivity contribution in [2.75, 3.05) is 5.73 Å². The largest absolute Gasteiger partial charge is 0.481 e. The van der Waals surface area contributed by atoms with Crippen molar-refractivity contribution in [1.29, 1.82) is 0 Å². The first-order valence-corrected chi connectivity index (χ1v) is 4.55. The molecule has 0 aliphatic heterocycles. The SMILES string of the molecule is CCCCC(=O)O.Nc1ccccn1. The van der Waals surface area contributed by atoms with Crippen molar-refractivity contribution in [2.45, 2.75) is 26.2 Å². The Morgan fingerprint density at radius 2 is 2.29 bits per heavy atom. The molecule has 14 heavy (non-hydrogen) atoms. The molecular weight excluding hydrogens is 180 g/mol. The number of pyridine rings is 1. The van der Waals surface area contributed by atoms with Gasteiger partial charge in [-0.25, -0.2) is 4.98 Å². The number of hydrogen-bond donors (Lipinski definition) is 2. The number of nitrogens with zero attached hydrogens (tertiary/aromatic N) is 1. The Morgan fingerprint density at radius 3 is 2.50 bits per heavy atom. The maximum atomic E-state index is 9.76. The normalized spacial score (nSPS) is 8.64. The maximum absolute atomic E-state index is 9.76. The number of aliphatic carboxylic acids is 1. The van der Waals surface area contributed by atoms with Gasteiger partial charge < -0.3 is 10.8 Å². The minimum Gasteiger partial charge on any atom is -0.481 e. The number of anilines is 1. The van der Waals surface area contributed by atoms with Gasteiger partial charge in [-0.15, -0.1) is 0 Å². The zero-order chi connectivity index (χ0) is 10.8. The predicted molar refractivity (Wildman–Crippen MR) is 55.8 cm³/mol. The lowest BCUT2D eigenvalue weighted by molar-refractivity contribution is -0.137. The van der Waals surface area contributed by atoms with Crippen molar-refractivity contribution >= 4 is 11.8 Å². The fourth-order valence-electron chi connectivity index (χ4n) is 0.704. The molecule has 1 aromatic heterocycles. The summed E-state index contributed by atoms with van der Waals surface area (Å²) >= 11 is 0. The molecule has 0 aliphatic rings. The van der Waals surface area contributed by atoms with Crippen LogP contribution in [0, 0.1) is 0 Å². The molecule has 1 heterocycles. The Kier molecular flexibility index (Phi) is 7.13. The van der Waals surface area contributed by atoms with Crippen LogP contribution >= 0.6 is 0 Å². The standard InChI is InChI=1S/C5H6N2.C5H10O2/c6-5-3-1-2-4-7-5;1-2-3-4-5(6)7/h1-4H,(H2,6,7);2-4H2,1H3,(H,6,7). The van der Waals surface area contributed by atoms with Gasteiger partial charge in [0.25, 0.3) is 0 Å². The zero-order valence-electron chi connectivity index (χ0n) is 8.31. The van der Waals surface area contributed by atoms with Gasteiger partial charge in [0.15, 0.2) is 0 Å². The van der Waals surface area contributed by atoms with Crippen molar-refractivity contribution in [3.8, 4) is 0 Å². The maximum Gasteiger partial charge on any atom is 0.303 e. The highest BCUT2D eigenvalue weighted by atomic mass is 16.4. The second-order valence-corrected chi connectivity index (χ2v) is 2.75. The Bertz CT molecular complexity index is 250. The van der Waals surface area contributed by atoms with E-state index in [1.807, 2.05) is 19.1 Å². The van der Waals surface area contributed by atoms with Gasteiger partial charge in [0, 0.05) is 12.6 Å². The van der Waals surface area contributed by atoms with Crippen LogP contribution in [0.25, 0.3) is 0 Å². The number of carbonyl (C=O) groups is 1. The lowest BCUT2D eigenvalue weighted by Crippen LogP contribution is -1.91. The number of rotatable bonds is 3. The van der Waals surface area contributed by atoms with Crippen LogP contribution in [-0.4, -0.2) is 16.1 Å². The Morgan fingerprint density at radius 1 is 1.57 bits per heavy atom. The number of nitrogen functional groups attached to an aromatic ring is 1. The molecule has 0 unspecified atom stereocenters. The van der Waals surface area contributed by atoms with Gasteiger partial charge in [-0.2, -0.15) is 0 Å². The molecule has 4 heteroatoms. The quantitative estimate of drug-likeness (QED) is 0.774. The molecule has 0 saturated heterocycles. The van der Waals surface area contributed by atoms with Crippen molar-refractivity contribution in [1.82, 2.24) is 4.98 Å². The summed E-state index contributed by atoms with van der Waals surface area (Å²) < 4.78 is 0. The van der Waals surface area contributed by atoms with E-state index in [0.717, 1.165) is 12.8 Å². The monoisotopic (exact) mass is 196 g/mol. The number of nitrogens with two attached hydrogens (primary N) is 1. The lowest BCUT2D eigenvalue weighted by Gasteiger charge is -1.85. The Hall–Kier alpha value is -1.58. The third-order valence-corrected chi connectivity index (χ3v) is 1.43. The van der Waals surface area contributed by atoms with Crippen molar-refractivity contribution in [2.24, 2.45) is 0 Å². The molecule has 1 rings (SSSR count). The minimum absolute atomic E-state index is 0.316. The molecule has 0 fully saturated rings. The van der Waals surface area contributed by atoms with E-state index in [2.05, 4.69) is 4.98 Å². The van der Waals surface area contributed by atoms with Gasteiger partial charge in [-0.3, -0.25) is 4.79 Å². The summed E-state index contributed by atoms with van der Waals surface area (Å²) in [7, 11) is 0. The van der Waals surface area contributed by atoms with Gasteiger partial charge in [-0.1, -0.05) is 19.4 Å². The second kappa shape index (κ2) is 8.04. The number of carboxylic acids is 1. The first-order valence-electron chi connectivity index (χ1n) is 4.55. The Balaban J connectivity index is 0.000000241. The van der Waals surface area contributed by atoms with E-state index in [0.29, 0.717) is 12.2 Å². The topological polar surface area (TPSA) is 76.2 Å². The van der Waals surface area contributed by atoms with E-state index in [4.69, 9.17) is 10.8 Å². The summed E-state index contributed by atoms with van der Waals surface area (Å²) in [5.41, 5.74) is 5.25. The molecule has 0 spiro atoms. The molecule has 0 amide bonds. The molecule has 0 saturated carbocycles. The molecule has 0 atom stereocenters. The number of unbranched alkanes of at least 4 members (excludes halogenated alkanes) is 1. The smallest absolute Gasteiger partial charge is 0.303 e. The van der Waals surface area contributed by atoms with Crippen molar-refractivity contribution in [3.63, 3.8) is 0 Å². The summed E-state index contributed by atoms with van der Waals surface area (Å²) in [6.07, 6.45) is 3.74. The molecule has 0 aromatic carbocycles. The van der Waals surface area contributed by atoms with Crippen LogP contribution in [0.3, 0.4) is 0 Å². The van der Waals surface area contributed by atoms with Gasteiger partial charge in [0.2, 0.25) is 0 Å². The van der Waals surface area contributed by atoms with Crippen LogP contribution in [-0.2, 0) is 4.79 Å². The average Bonchev–Trinajstić information content (AvgIpc) is 2.17. The van der Waals surface area contributed by atoms with Crippen LogP contribution in [0.4, 0.5) is 5.82 Å². The summed E-state index contributed by atoms with van der Waals surface area (Å²) in [5, 5.41) is 8.04. The Labute approximate surface area is 83.8 Å². The fraction of sp³-hybridized carbons (Fsp3) is 0.400. The van der Waals surface area contributed by atoms with Crippen LogP contribution in [0.2, 0.25) is 0 Å². The van der Waals surface area contributed by atoms with Crippen LogP contribution < -0.4 is 5.73 Å². The highest BCUT2D eigenvalue weighted by Gasteiger charge is 1.90. The molecule has 0 radical (unpaired) electrons. The number of carboxylic acid groups (broad SMARTS) is 1. The fourth-order valence-corrected chi connectivity index (χ4v) is 0.704. The molecule has 1 aromatic rings. The molecule has 0 aliphatic carbocycles. The summed E-state index contributed by atoms with van der Waals surface area (Å²) in [4.78, 5) is 13.5. The van der Waals surface area contributed by atoms with E-state index in [1.54, 1.807) is 12.3 Å². The summed E-state index contributed by atoms with van der Waals surface area (Å²) in [5.74, 6) is -0.121. The second-order valence-electron chi connectivity index (χ2n) is 2.75. The molecular formula is C10H16N2O2. The molecule has 0 bridgehead atoms. The average molecular weight is 196 g/mol. The predicted octanol–water partition coefficient (Wildman–Crippen LogP) is 1.93. The molecule has 4 nitrogen and oxygen atoms in total. The van der Waals surface area contributed by atoms with Crippen LogP contribution in [0.15, 0.2) is 24.4 Å². The number of aromatic nitrogens is 1. The number of hydrogen-bond acceptors (Lipinski definition) is 3. The van der Waals surface area contributed by atoms with E-state index in [1.165, 1.54) is 0 Å². The van der Waals surface area contributed by atoms with E-state index in [-0.39, 0.29) is 0 Å². The van der Waals surface area contributed by atoms with Gasteiger partial charge >= 0.3 is 5.97 Å². The summed E-state index contributed by atoms with van der Waals surface area (Å²) in [6, 6.07) is 5.43. The first kappa shape index (κ1) is 12.4. The van der Waals surface area contributed by atoms with E-state index in [9.17, 15) is 4.79 Å². The van der Waals surface area contributed by atoms with Crippen molar-refractivity contribution < 1.29 is 9.90 Å². The minimum atomic E-state index is -0.693. The van der Waals surface area contributed by atoms with Gasteiger partial charge in [0.1, 0.15) is 5.82 Å². The zero-order valence-corrected chi connectivity index (χ0v) is 8.31. The third kappa shape index (κ3) is 8.52. The molecule has 3 N–H and O–H groups in total. The van der Waals surface area contributed by atoms with Crippen molar-refractivity contribution in [3.05, 3.63) is 24.4 Å². The summed E-state index contributed by atoms with van der Waals surface area (Å²) in [6.45, 7) is 1.98. The van der Waals surface area contributed by atoms with E-state index < -0.39 is 5.97 Å². The van der Waals surface area contributed by atoms with Gasteiger partial charge in [0.05, 0.1) is 0 Å². The first-order chi connectivity index (χ1) is 6.66. The highest BCUT2D eigenvalue weighted by molar-refractivity contribution is 5.66. The van der Waals surface area contributed by atoms with E-state index >= 15 is 0 Å². The van der Waals surface area contributed by atoms with Gasteiger partial charge in [-0.05, 0) is 18.6 Å². The lowest BCUT2D eigenvalue weighted by atomic mass is 10.3. The molecule has 78 valence electrons. The highest BCUT2D eigenvalue weighted by Crippen LogP contribution is 1.91. The third-order valence-electron chi connectivity index (χ3n) is 1.43.